The van der Waals surface area contributed by atoms with Gasteiger partial charge in [-0.25, -0.2) is 0 Å². The Hall–Kier alpha value is -1.02. The molecule has 2 atom stereocenters. The molecular formula is C17H26N2. The van der Waals surface area contributed by atoms with Crippen LogP contribution in [0.4, 0.5) is 5.69 Å². The van der Waals surface area contributed by atoms with Gasteiger partial charge in [0, 0.05) is 24.3 Å². The van der Waals surface area contributed by atoms with Gasteiger partial charge in [0.15, 0.2) is 0 Å². The van der Waals surface area contributed by atoms with Crippen LogP contribution < -0.4 is 10.6 Å². The molecule has 1 aliphatic heterocycles. The van der Waals surface area contributed by atoms with Crippen LogP contribution in [0.3, 0.4) is 0 Å². The van der Waals surface area contributed by atoms with Crippen LogP contribution in [0, 0.1) is 5.92 Å². The smallest absolute Gasteiger partial charge is 0.0441 e. The second kappa shape index (κ2) is 5.54. The van der Waals surface area contributed by atoms with Gasteiger partial charge in [-0.05, 0) is 43.7 Å². The molecule has 1 aliphatic carbocycles. The Morgan fingerprint density at radius 1 is 1.26 bits per heavy atom. The van der Waals surface area contributed by atoms with Crippen LogP contribution in [-0.2, 0) is 6.42 Å². The summed E-state index contributed by atoms with van der Waals surface area (Å²) in [6.07, 6.45) is 8.03. The van der Waals surface area contributed by atoms with Gasteiger partial charge in [-0.2, -0.15) is 0 Å². The van der Waals surface area contributed by atoms with E-state index in [4.69, 9.17) is 5.73 Å². The molecule has 19 heavy (non-hydrogen) atoms. The minimum absolute atomic E-state index is 0.256. The van der Waals surface area contributed by atoms with Crippen LogP contribution in [0.25, 0.3) is 0 Å². The van der Waals surface area contributed by atoms with Crippen molar-refractivity contribution in [2.45, 2.75) is 57.5 Å². The van der Waals surface area contributed by atoms with Crippen LogP contribution in [-0.4, -0.2) is 18.6 Å². The number of benzene rings is 1. The molecule has 1 aromatic carbocycles. The first-order valence-electron chi connectivity index (χ1n) is 7.86. The summed E-state index contributed by atoms with van der Waals surface area (Å²) in [5, 5.41) is 0. The summed E-state index contributed by atoms with van der Waals surface area (Å²) in [7, 11) is 0. The quantitative estimate of drug-likeness (QED) is 0.897. The van der Waals surface area contributed by atoms with E-state index in [9.17, 15) is 0 Å². The highest BCUT2D eigenvalue weighted by atomic mass is 15.2. The topological polar surface area (TPSA) is 29.3 Å². The Morgan fingerprint density at radius 3 is 2.74 bits per heavy atom. The third-order valence-electron chi connectivity index (χ3n) is 4.95. The van der Waals surface area contributed by atoms with Crippen molar-refractivity contribution in [2.75, 3.05) is 11.4 Å². The lowest BCUT2D eigenvalue weighted by molar-refractivity contribution is 0.259. The molecule has 1 saturated carbocycles. The number of hydrogen-bond acceptors (Lipinski definition) is 2. The van der Waals surface area contributed by atoms with Gasteiger partial charge in [0.25, 0.3) is 0 Å². The lowest BCUT2D eigenvalue weighted by atomic mass is 9.79. The van der Waals surface area contributed by atoms with E-state index in [-0.39, 0.29) is 6.04 Å². The number of rotatable bonds is 4. The monoisotopic (exact) mass is 258 g/mol. The van der Waals surface area contributed by atoms with Crippen LogP contribution in [0.5, 0.6) is 0 Å². The summed E-state index contributed by atoms with van der Waals surface area (Å²) in [5.41, 5.74) is 9.26. The largest absolute Gasteiger partial charge is 0.367 e. The van der Waals surface area contributed by atoms with E-state index in [1.165, 1.54) is 56.3 Å². The molecule has 2 aliphatic rings. The van der Waals surface area contributed by atoms with Crippen LogP contribution in [0.15, 0.2) is 24.3 Å². The maximum atomic E-state index is 6.31. The molecule has 2 nitrogen and oxygen atoms in total. The van der Waals surface area contributed by atoms with Crippen molar-refractivity contribution in [1.82, 2.24) is 0 Å². The maximum absolute atomic E-state index is 6.31. The zero-order valence-electron chi connectivity index (χ0n) is 12.0. The molecule has 2 heteroatoms. The number of fused-ring (bicyclic) bond motifs is 1. The summed E-state index contributed by atoms with van der Waals surface area (Å²) in [5.74, 6) is 0.921. The highest BCUT2D eigenvalue weighted by Crippen LogP contribution is 2.36. The van der Waals surface area contributed by atoms with Gasteiger partial charge in [-0.3, -0.25) is 0 Å². The second-order valence-electron chi connectivity index (χ2n) is 6.38. The van der Waals surface area contributed by atoms with E-state index < -0.39 is 0 Å². The van der Waals surface area contributed by atoms with Crippen molar-refractivity contribution in [3.63, 3.8) is 0 Å². The Kier molecular flexibility index (Phi) is 3.79. The Balaban J connectivity index is 1.82. The van der Waals surface area contributed by atoms with E-state index >= 15 is 0 Å². The van der Waals surface area contributed by atoms with Gasteiger partial charge < -0.3 is 10.6 Å². The van der Waals surface area contributed by atoms with Gasteiger partial charge >= 0.3 is 0 Å². The second-order valence-corrected chi connectivity index (χ2v) is 6.38. The summed E-state index contributed by atoms with van der Waals surface area (Å²) in [6, 6.07) is 9.67. The Morgan fingerprint density at radius 2 is 2.05 bits per heavy atom. The van der Waals surface area contributed by atoms with Crippen LogP contribution in [0.2, 0.25) is 0 Å². The van der Waals surface area contributed by atoms with E-state index in [1.54, 1.807) is 0 Å². The molecule has 0 spiro atoms. The molecule has 3 rings (SSSR count). The number of nitrogens with zero attached hydrogens (tertiary/aromatic N) is 1. The van der Waals surface area contributed by atoms with Crippen molar-refractivity contribution >= 4 is 5.69 Å². The maximum Gasteiger partial charge on any atom is 0.0441 e. The van der Waals surface area contributed by atoms with Gasteiger partial charge in [0.05, 0.1) is 0 Å². The first kappa shape index (κ1) is 13.0. The molecule has 0 amide bonds. The highest BCUT2D eigenvalue weighted by molar-refractivity contribution is 5.56. The zero-order chi connectivity index (χ0) is 13.2. The fourth-order valence-corrected chi connectivity index (χ4v) is 3.60. The van der Waals surface area contributed by atoms with E-state index in [0.717, 1.165) is 5.92 Å². The fourth-order valence-electron chi connectivity index (χ4n) is 3.60. The predicted molar refractivity (Wildman–Crippen MR) is 81.5 cm³/mol. The van der Waals surface area contributed by atoms with Gasteiger partial charge in [0.1, 0.15) is 0 Å². The van der Waals surface area contributed by atoms with E-state index in [0.29, 0.717) is 6.04 Å². The molecular weight excluding hydrogens is 232 g/mol. The Bertz CT molecular complexity index is 423. The number of hydrogen-bond donors (Lipinski definition) is 1. The summed E-state index contributed by atoms with van der Waals surface area (Å²) < 4.78 is 0. The van der Waals surface area contributed by atoms with Gasteiger partial charge in [-0.1, -0.05) is 37.5 Å². The van der Waals surface area contributed by atoms with Gasteiger partial charge in [-0.15, -0.1) is 0 Å². The highest BCUT2D eigenvalue weighted by Gasteiger charge is 2.30. The van der Waals surface area contributed by atoms with Crippen LogP contribution >= 0.6 is 0 Å². The SMILES string of the molecule is C[C@@H](N)[C@@H](CC1CCC1)N1CCCc2ccccc21. The molecule has 1 aromatic rings. The van der Waals surface area contributed by atoms with Crippen molar-refractivity contribution < 1.29 is 0 Å². The number of anilines is 1. The molecule has 0 radical (unpaired) electrons. The molecule has 0 bridgehead atoms. The molecule has 1 heterocycles. The predicted octanol–water partition coefficient (Wildman–Crippen LogP) is 3.35. The first-order valence-corrected chi connectivity index (χ1v) is 7.86. The van der Waals surface area contributed by atoms with E-state index in [1.807, 2.05) is 0 Å². The number of aryl methyl sites for hydroxylation is 1. The fraction of sp³-hybridized carbons (Fsp3) is 0.647. The van der Waals surface area contributed by atoms with Crippen molar-refractivity contribution in [3.05, 3.63) is 29.8 Å². The lowest BCUT2D eigenvalue weighted by Crippen LogP contribution is -2.50. The number of nitrogens with two attached hydrogens (primary N) is 1. The summed E-state index contributed by atoms with van der Waals surface area (Å²) >= 11 is 0. The normalized spacial score (nSPS) is 22.5. The van der Waals surface area contributed by atoms with Crippen molar-refractivity contribution in [2.24, 2.45) is 11.7 Å². The molecule has 1 fully saturated rings. The molecule has 2 N–H and O–H groups in total. The van der Waals surface area contributed by atoms with Crippen molar-refractivity contribution in [1.29, 1.82) is 0 Å². The van der Waals surface area contributed by atoms with Crippen LogP contribution in [0.1, 0.15) is 44.6 Å². The van der Waals surface area contributed by atoms with E-state index in [2.05, 4.69) is 36.1 Å². The zero-order valence-corrected chi connectivity index (χ0v) is 12.0. The first-order chi connectivity index (χ1) is 9.25. The molecule has 104 valence electrons. The van der Waals surface area contributed by atoms with Crippen molar-refractivity contribution in [3.8, 4) is 0 Å². The Labute approximate surface area is 117 Å². The third kappa shape index (κ3) is 2.64. The van der Waals surface area contributed by atoms with Gasteiger partial charge in [0.2, 0.25) is 0 Å². The molecule has 0 saturated heterocycles. The average molecular weight is 258 g/mol. The minimum atomic E-state index is 0.256. The average Bonchev–Trinajstić information content (AvgIpc) is 2.37. The minimum Gasteiger partial charge on any atom is -0.367 e. The summed E-state index contributed by atoms with van der Waals surface area (Å²) in [4.78, 5) is 2.60. The standard InChI is InChI=1S/C17H26N2/c1-13(18)17(12-14-6-4-7-14)19-11-5-9-15-8-2-3-10-16(15)19/h2-3,8,10,13-14,17H,4-7,9,11-12,18H2,1H3/t13-,17-/m1/s1. The third-order valence-corrected chi connectivity index (χ3v) is 4.95. The molecule has 0 aromatic heterocycles. The number of para-hydroxylation sites is 1. The summed E-state index contributed by atoms with van der Waals surface area (Å²) in [6.45, 7) is 3.36. The molecule has 0 unspecified atom stereocenters. The lowest BCUT2D eigenvalue weighted by Gasteiger charge is -2.42.